The maximum Gasteiger partial charge on any atom is 0.270 e. The molecule has 0 spiro atoms. The first-order chi connectivity index (χ1) is 11.9. The number of anilines is 1. The third kappa shape index (κ3) is 3.10. The lowest BCUT2D eigenvalue weighted by molar-refractivity contribution is 0.0701. The molecule has 130 valence electrons. The van der Waals surface area contributed by atoms with Crippen LogP contribution in [0.4, 0.5) is 5.82 Å². The molecule has 0 aliphatic carbocycles. The van der Waals surface area contributed by atoms with E-state index in [-0.39, 0.29) is 11.7 Å². The van der Waals surface area contributed by atoms with Gasteiger partial charge in [0, 0.05) is 23.5 Å². The van der Waals surface area contributed by atoms with Crippen LogP contribution in [0.5, 0.6) is 0 Å². The largest absolute Gasteiger partial charge is 0.351 e. The van der Waals surface area contributed by atoms with Crippen molar-refractivity contribution in [3.8, 4) is 0 Å². The summed E-state index contributed by atoms with van der Waals surface area (Å²) >= 11 is 0. The predicted molar refractivity (Wildman–Crippen MR) is 93.7 cm³/mol. The Bertz CT molecular complexity index is 1030. The zero-order valence-electron chi connectivity index (χ0n) is 13.6. The fourth-order valence-electron chi connectivity index (χ4n) is 3.04. The zero-order chi connectivity index (χ0) is 17.6. The Morgan fingerprint density at radius 2 is 2.04 bits per heavy atom. The second-order valence-corrected chi connectivity index (χ2v) is 7.86. The highest BCUT2D eigenvalue weighted by Gasteiger charge is 2.24. The number of carbonyl (C=O) groups excluding carboxylic acids is 1. The van der Waals surface area contributed by atoms with Gasteiger partial charge >= 0.3 is 0 Å². The van der Waals surface area contributed by atoms with Gasteiger partial charge in [-0.1, -0.05) is 18.2 Å². The first kappa shape index (κ1) is 15.7. The van der Waals surface area contributed by atoms with E-state index in [1.807, 2.05) is 30.3 Å². The minimum Gasteiger partial charge on any atom is -0.351 e. The van der Waals surface area contributed by atoms with Crippen molar-refractivity contribution in [3.05, 3.63) is 47.8 Å². The van der Waals surface area contributed by atoms with Gasteiger partial charge in [0.15, 0.2) is 5.82 Å². The van der Waals surface area contributed by atoms with E-state index in [4.69, 9.17) is 0 Å². The number of fused-ring (bicyclic) bond motifs is 2. The SMILES string of the molecule is CS(=O)(=O)Nc1cc2n(n1)CCN(C(=O)c1cc3ccccc3[nH]1)C2. The molecule has 0 atom stereocenters. The number of aromatic nitrogens is 3. The molecular formula is C16H17N5O3S. The smallest absolute Gasteiger partial charge is 0.270 e. The van der Waals surface area contributed by atoms with E-state index in [0.717, 1.165) is 22.9 Å². The van der Waals surface area contributed by atoms with Crippen LogP contribution < -0.4 is 4.72 Å². The van der Waals surface area contributed by atoms with Gasteiger partial charge in [-0.15, -0.1) is 0 Å². The highest BCUT2D eigenvalue weighted by molar-refractivity contribution is 7.92. The van der Waals surface area contributed by atoms with Crippen molar-refractivity contribution in [2.24, 2.45) is 0 Å². The van der Waals surface area contributed by atoms with E-state index < -0.39 is 10.0 Å². The van der Waals surface area contributed by atoms with Crippen LogP contribution in [0.1, 0.15) is 16.2 Å². The number of aromatic amines is 1. The highest BCUT2D eigenvalue weighted by atomic mass is 32.2. The standard InChI is InChI=1S/C16H17N5O3S/c1-25(23,24)19-15-9-12-10-20(6-7-21(12)18-15)16(22)14-8-11-4-2-3-5-13(11)17-14/h2-5,8-9,17H,6-7,10H2,1H3,(H,18,19). The van der Waals surface area contributed by atoms with Crippen molar-refractivity contribution in [1.29, 1.82) is 0 Å². The molecule has 8 nitrogen and oxygen atoms in total. The summed E-state index contributed by atoms with van der Waals surface area (Å²) in [6.45, 7) is 1.42. The Morgan fingerprint density at radius 1 is 1.24 bits per heavy atom. The summed E-state index contributed by atoms with van der Waals surface area (Å²) in [6, 6.07) is 11.2. The fourth-order valence-corrected chi connectivity index (χ4v) is 3.52. The Labute approximate surface area is 144 Å². The summed E-state index contributed by atoms with van der Waals surface area (Å²) in [5.74, 6) is 0.193. The van der Waals surface area contributed by atoms with Crippen molar-refractivity contribution in [1.82, 2.24) is 19.7 Å². The van der Waals surface area contributed by atoms with Crippen molar-refractivity contribution in [2.75, 3.05) is 17.5 Å². The lowest BCUT2D eigenvalue weighted by atomic mass is 10.2. The molecule has 3 aromatic rings. The van der Waals surface area contributed by atoms with Gasteiger partial charge in [0.2, 0.25) is 10.0 Å². The van der Waals surface area contributed by atoms with Crippen LogP contribution >= 0.6 is 0 Å². The summed E-state index contributed by atoms with van der Waals surface area (Å²) in [6.07, 6.45) is 1.08. The Hall–Kier alpha value is -2.81. The highest BCUT2D eigenvalue weighted by Crippen LogP contribution is 2.21. The average Bonchev–Trinajstić information content (AvgIpc) is 3.14. The third-order valence-electron chi connectivity index (χ3n) is 4.14. The Balaban J connectivity index is 1.56. The van der Waals surface area contributed by atoms with Gasteiger partial charge in [0.05, 0.1) is 25.0 Å². The van der Waals surface area contributed by atoms with Gasteiger partial charge < -0.3 is 9.88 Å². The number of amides is 1. The summed E-state index contributed by atoms with van der Waals surface area (Å²) in [5, 5.41) is 5.21. The number of carbonyl (C=O) groups is 1. The first-order valence-electron chi connectivity index (χ1n) is 7.80. The Kier molecular flexibility index (Phi) is 3.53. The predicted octanol–water partition coefficient (Wildman–Crippen LogP) is 1.39. The second kappa shape index (κ2) is 5.62. The number of benzene rings is 1. The van der Waals surface area contributed by atoms with E-state index in [9.17, 15) is 13.2 Å². The number of rotatable bonds is 3. The van der Waals surface area contributed by atoms with Crippen LogP contribution in [-0.2, 0) is 23.1 Å². The normalized spacial score (nSPS) is 14.5. The molecule has 2 aromatic heterocycles. The molecule has 0 saturated heterocycles. The minimum atomic E-state index is -3.38. The molecule has 0 saturated carbocycles. The third-order valence-corrected chi connectivity index (χ3v) is 4.72. The number of nitrogens with zero attached hydrogens (tertiary/aromatic N) is 3. The molecular weight excluding hydrogens is 342 g/mol. The monoisotopic (exact) mass is 359 g/mol. The molecule has 0 radical (unpaired) electrons. The molecule has 1 aliphatic heterocycles. The van der Waals surface area contributed by atoms with Crippen molar-refractivity contribution >= 4 is 32.7 Å². The minimum absolute atomic E-state index is 0.0822. The van der Waals surface area contributed by atoms with Crippen molar-refractivity contribution in [2.45, 2.75) is 13.1 Å². The zero-order valence-corrected chi connectivity index (χ0v) is 14.4. The van der Waals surface area contributed by atoms with Gasteiger partial charge in [0.1, 0.15) is 5.69 Å². The van der Waals surface area contributed by atoms with Gasteiger partial charge in [0.25, 0.3) is 5.91 Å². The maximum atomic E-state index is 12.8. The van der Waals surface area contributed by atoms with E-state index in [0.29, 0.717) is 25.3 Å². The number of sulfonamides is 1. The van der Waals surface area contributed by atoms with Crippen molar-refractivity contribution in [3.63, 3.8) is 0 Å². The number of hydrogen-bond donors (Lipinski definition) is 2. The topological polar surface area (TPSA) is 100 Å². The number of hydrogen-bond acceptors (Lipinski definition) is 4. The molecule has 2 N–H and O–H groups in total. The summed E-state index contributed by atoms with van der Waals surface area (Å²) in [5.41, 5.74) is 2.26. The quantitative estimate of drug-likeness (QED) is 0.738. The van der Waals surface area contributed by atoms with Crippen LogP contribution in [0.15, 0.2) is 36.4 Å². The van der Waals surface area contributed by atoms with Gasteiger partial charge in [-0.3, -0.25) is 14.2 Å². The molecule has 4 rings (SSSR count). The summed E-state index contributed by atoms with van der Waals surface area (Å²) in [4.78, 5) is 17.6. The van der Waals surface area contributed by atoms with Crippen LogP contribution in [0.25, 0.3) is 10.9 Å². The first-order valence-corrected chi connectivity index (χ1v) is 9.70. The van der Waals surface area contributed by atoms with Crippen molar-refractivity contribution < 1.29 is 13.2 Å². The fraction of sp³-hybridized carbons (Fsp3) is 0.250. The average molecular weight is 359 g/mol. The molecule has 1 amide bonds. The molecule has 0 bridgehead atoms. The maximum absolute atomic E-state index is 12.8. The van der Waals surface area contributed by atoms with Crippen LogP contribution in [0, 0.1) is 0 Å². The molecule has 9 heteroatoms. The molecule has 1 aromatic carbocycles. The summed E-state index contributed by atoms with van der Waals surface area (Å²) in [7, 11) is -3.38. The Morgan fingerprint density at radius 3 is 2.80 bits per heavy atom. The number of nitrogens with one attached hydrogen (secondary N) is 2. The van der Waals surface area contributed by atoms with E-state index in [1.165, 1.54) is 0 Å². The molecule has 0 fully saturated rings. The van der Waals surface area contributed by atoms with Crippen LogP contribution in [0.3, 0.4) is 0 Å². The number of H-pyrrole nitrogens is 1. The molecule has 0 unspecified atom stereocenters. The van der Waals surface area contributed by atoms with Gasteiger partial charge in [-0.25, -0.2) is 8.42 Å². The van der Waals surface area contributed by atoms with Gasteiger partial charge in [-0.05, 0) is 12.1 Å². The van der Waals surface area contributed by atoms with Crippen LogP contribution in [0.2, 0.25) is 0 Å². The van der Waals surface area contributed by atoms with Gasteiger partial charge in [-0.2, -0.15) is 5.10 Å². The molecule has 1 aliphatic rings. The molecule has 25 heavy (non-hydrogen) atoms. The lowest BCUT2D eigenvalue weighted by Gasteiger charge is -2.27. The lowest BCUT2D eigenvalue weighted by Crippen LogP contribution is -2.38. The van der Waals surface area contributed by atoms with Crippen LogP contribution in [-0.4, -0.2) is 46.8 Å². The molecule has 3 heterocycles. The summed E-state index contributed by atoms with van der Waals surface area (Å²) < 4.78 is 26.7. The van der Waals surface area contributed by atoms with E-state index >= 15 is 0 Å². The number of para-hydroxylation sites is 1. The van der Waals surface area contributed by atoms with E-state index in [1.54, 1.807) is 15.6 Å². The van der Waals surface area contributed by atoms with E-state index in [2.05, 4.69) is 14.8 Å². The second-order valence-electron chi connectivity index (χ2n) is 6.12.